The average molecular weight is 363 g/mol. The first kappa shape index (κ1) is 17.6. The molecule has 0 saturated carbocycles. The van der Waals surface area contributed by atoms with Crippen LogP contribution in [-0.4, -0.2) is 48.8 Å². The minimum atomic E-state index is 0.398. The van der Waals surface area contributed by atoms with Crippen molar-refractivity contribution in [3.8, 4) is 11.3 Å². The molecule has 3 aromatic heterocycles. The molecular weight excluding hydrogens is 338 g/mol. The number of anilines is 1. The van der Waals surface area contributed by atoms with Gasteiger partial charge in [-0.15, -0.1) is 0 Å². The molecule has 0 atom stereocenters. The molecule has 0 unspecified atom stereocenters. The smallest absolute Gasteiger partial charge is 0.223 e. The molecule has 7 nitrogen and oxygen atoms in total. The monoisotopic (exact) mass is 363 g/mol. The Morgan fingerprint density at radius 2 is 1.96 bits per heavy atom. The number of likely N-dealkylation sites (tertiary alicyclic amines) is 1. The van der Waals surface area contributed by atoms with Gasteiger partial charge in [0.1, 0.15) is 0 Å². The van der Waals surface area contributed by atoms with E-state index in [1.807, 2.05) is 55.4 Å². The highest BCUT2D eigenvalue weighted by Crippen LogP contribution is 2.22. The van der Waals surface area contributed by atoms with Crippen LogP contribution in [0.4, 0.5) is 5.95 Å². The SMILES string of the molecule is Cc1nn(C)cc1-c1ccnc(NC2CCN(Cc3ccccn3)CC2)n1. The van der Waals surface area contributed by atoms with Gasteiger partial charge >= 0.3 is 0 Å². The maximum Gasteiger partial charge on any atom is 0.223 e. The molecule has 1 aliphatic heterocycles. The van der Waals surface area contributed by atoms with E-state index in [4.69, 9.17) is 4.98 Å². The van der Waals surface area contributed by atoms with Crippen LogP contribution < -0.4 is 5.32 Å². The molecule has 0 spiro atoms. The van der Waals surface area contributed by atoms with E-state index in [1.54, 1.807) is 0 Å². The van der Waals surface area contributed by atoms with E-state index in [9.17, 15) is 0 Å². The number of piperidine rings is 1. The molecule has 0 amide bonds. The number of aryl methyl sites for hydroxylation is 2. The molecule has 7 heteroatoms. The largest absolute Gasteiger partial charge is 0.351 e. The summed E-state index contributed by atoms with van der Waals surface area (Å²) in [7, 11) is 1.93. The molecule has 0 aromatic carbocycles. The van der Waals surface area contributed by atoms with E-state index in [2.05, 4.69) is 31.3 Å². The predicted octanol–water partition coefficient (Wildman–Crippen LogP) is 2.66. The number of aromatic nitrogens is 5. The van der Waals surface area contributed by atoms with E-state index < -0.39 is 0 Å². The van der Waals surface area contributed by atoms with Crippen LogP contribution in [-0.2, 0) is 13.6 Å². The summed E-state index contributed by atoms with van der Waals surface area (Å²) in [6.45, 7) is 5.02. The highest BCUT2D eigenvalue weighted by atomic mass is 15.3. The minimum Gasteiger partial charge on any atom is -0.351 e. The quantitative estimate of drug-likeness (QED) is 0.751. The van der Waals surface area contributed by atoms with E-state index >= 15 is 0 Å². The second kappa shape index (κ2) is 7.84. The zero-order chi connectivity index (χ0) is 18.6. The van der Waals surface area contributed by atoms with Crippen molar-refractivity contribution in [2.24, 2.45) is 7.05 Å². The van der Waals surface area contributed by atoms with Crippen molar-refractivity contribution in [1.82, 2.24) is 29.6 Å². The summed E-state index contributed by atoms with van der Waals surface area (Å²) in [4.78, 5) is 16.0. The fraction of sp³-hybridized carbons (Fsp3) is 0.400. The molecule has 3 aromatic rings. The van der Waals surface area contributed by atoms with Crippen molar-refractivity contribution in [2.75, 3.05) is 18.4 Å². The van der Waals surface area contributed by atoms with E-state index in [1.165, 1.54) is 0 Å². The summed E-state index contributed by atoms with van der Waals surface area (Å²) in [5, 5.41) is 7.91. The summed E-state index contributed by atoms with van der Waals surface area (Å²) >= 11 is 0. The maximum atomic E-state index is 4.70. The molecule has 0 bridgehead atoms. The number of pyridine rings is 1. The van der Waals surface area contributed by atoms with E-state index in [-0.39, 0.29) is 0 Å². The molecule has 27 heavy (non-hydrogen) atoms. The second-order valence-corrected chi connectivity index (χ2v) is 7.08. The topological polar surface area (TPSA) is 71.8 Å². The first-order valence-corrected chi connectivity index (χ1v) is 9.40. The van der Waals surface area contributed by atoms with Crippen molar-refractivity contribution in [3.63, 3.8) is 0 Å². The summed E-state index contributed by atoms with van der Waals surface area (Å²) in [5.41, 5.74) is 4.07. The van der Waals surface area contributed by atoms with Crippen LogP contribution in [0, 0.1) is 6.92 Å². The Balaban J connectivity index is 1.35. The zero-order valence-corrected chi connectivity index (χ0v) is 15.8. The third kappa shape index (κ3) is 4.31. The number of rotatable bonds is 5. The number of nitrogens with zero attached hydrogens (tertiary/aromatic N) is 6. The Hall–Kier alpha value is -2.80. The number of hydrogen-bond donors (Lipinski definition) is 1. The Kier molecular flexibility index (Phi) is 5.11. The van der Waals surface area contributed by atoms with Gasteiger partial charge in [0, 0.05) is 56.9 Å². The van der Waals surface area contributed by atoms with Crippen LogP contribution in [0.1, 0.15) is 24.2 Å². The first-order chi connectivity index (χ1) is 13.2. The van der Waals surface area contributed by atoms with Gasteiger partial charge in [0.25, 0.3) is 0 Å². The van der Waals surface area contributed by atoms with Crippen LogP contribution in [0.2, 0.25) is 0 Å². The number of hydrogen-bond acceptors (Lipinski definition) is 6. The first-order valence-electron chi connectivity index (χ1n) is 9.40. The van der Waals surface area contributed by atoms with Crippen molar-refractivity contribution >= 4 is 5.95 Å². The highest BCUT2D eigenvalue weighted by Gasteiger charge is 2.20. The minimum absolute atomic E-state index is 0.398. The Labute approximate surface area is 159 Å². The van der Waals surface area contributed by atoms with Crippen molar-refractivity contribution in [3.05, 3.63) is 54.2 Å². The molecule has 1 saturated heterocycles. The van der Waals surface area contributed by atoms with Crippen molar-refractivity contribution in [2.45, 2.75) is 32.4 Å². The molecule has 140 valence electrons. The lowest BCUT2D eigenvalue weighted by atomic mass is 10.1. The Bertz CT molecular complexity index is 882. The molecular formula is C20H25N7. The van der Waals surface area contributed by atoms with Crippen LogP contribution in [0.25, 0.3) is 11.3 Å². The molecule has 1 fully saturated rings. The number of nitrogens with one attached hydrogen (secondary N) is 1. The van der Waals surface area contributed by atoms with E-state index in [0.717, 1.165) is 55.1 Å². The van der Waals surface area contributed by atoms with Gasteiger partial charge in [-0.1, -0.05) is 6.07 Å². The zero-order valence-electron chi connectivity index (χ0n) is 15.8. The molecule has 1 N–H and O–H groups in total. The van der Waals surface area contributed by atoms with Crippen LogP contribution >= 0.6 is 0 Å². The summed E-state index contributed by atoms with van der Waals surface area (Å²) in [5.74, 6) is 0.693. The van der Waals surface area contributed by atoms with Gasteiger partial charge in [0.05, 0.1) is 17.1 Å². The van der Waals surface area contributed by atoms with Gasteiger partial charge in [0.2, 0.25) is 5.95 Å². The molecule has 4 rings (SSSR count). The normalized spacial score (nSPS) is 15.8. The van der Waals surface area contributed by atoms with Crippen LogP contribution in [0.3, 0.4) is 0 Å². The van der Waals surface area contributed by atoms with Crippen molar-refractivity contribution in [1.29, 1.82) is 0 Å². The lowest BCUT2D eigenvalue weighted by Crippen LogP contribution is -2.39. The molecule has 1 aliphatic rings. The van der Waals surface area contributed by atoms with Crippen LogP contribution in [0.5, 0.6) is 0 Å². The summed E-state index contributed by atoms with van der Waals surface area (Å²) in [6.07, 6.45) is 7.82. The molecule has 4 heterocycles. The second-order valence-electron chi connectivity index (χ2n) is 7.08. The van der Waals surface area contributed by atoms with Gasteiger partial charge in [-0.3, -0.25) is 14.6 Å². The van der Waals surface area contributed by atoms with Crippen molar-refractivity contribution < 1.29 is 0 Å². The van der Waals surface area contributed by atoms with Gasteiger partial charge in [-0.25, -0.2) is 9.97 Å². The van der Waals surface area contributed by atoms with Gasteiger partial charge < -0.3 is 5.32 Å². The standard InChI is InChI=1S/C20H25N7/c1-15-18(14-26(2)25-15)19-6-10-22-20(24-19)23-16-7-11-27(12-8-16)13-17-5-3-4-9-21-17/h3-6,9-10,14,16H,7-8,11-13H2,1-2H3,(H,22,23,24). The maximum absolute atomic E-state index is 4.70. The van der Waals surface area contributed by atoms with Gasteiger partial charge in [-0.05, 0) is 38.0 Å². The molecule has 0 aliphatic carbocycles. The third-order valence-electron chi connectivity index (χ3n) is 4.98. The fourth-order valence-electron chi connectivity index (χ4n) is 3.57. The lowest BCUT2D eigenvalue weighted by molar-refractivity contribution is 0.209. The Morgan fingerprint density at radius 1 is 1.11 bits per heavy atom. The highest BCUT2D eigenvalue weighted by molar-refractivity contribution is 5.61. The van der Waals surface area contributed by atoms with Gasteiger partial charge in [0.15, 0.2) is 0 Å². The van der Waals surface area contributed by atoms with Gasteiger partial charge in [-0.2, -0.15) is 5.10 Å². The van der Waals surface area contributed by atoms with E-state index in [0.29, 0.717) is 12.0 Å². The predicted molar refractivity (Wildman–Crippen MR) is 105 cm³/mol. The lowest BCUT2D eigenvalue weighted by Gasteiger charge is -2.32. The van der Waals surface area contributed by atoms with Crippen LogP contribution in [0.15, 0.2) is 42.9 Å². The fourth-order valence-corrected chi connectivity index (χ4v) is 3.57. The summed E-state index contributed by atoms with van der Waals surface area (Å²) in [6, 6.07) is 8.43. The summed E-state index contributed by atoms with van der Waals surface area (Å²) < 4.78 is 1.82. The Morgan fingerprint density at radius 3 is 2.67 bits per heavy atom. The average Bonchev–Trinajstić information content (AvgIpc) is 3.03. The molecule has 0 radical (unpaired) electrons. The third-order valence-corrected chi connectivity index (χ3v) is 4.98.